The minimum absolute atomic E-state index is 0.00414. The first-order valence-corrected chi connectivity index (χ1v) is 11.8. The first kappa shape index (κ1) is 23.0. The number of nitrogens with one attached hydrogen (secondary N) is 1. The minimum Gasteiger partial charge on any atom is -0.322 e. The second kappa shape index (κ2) is 9.67. The van der Waals surface area contributed by atoms with E-state index in [0.717, 1.165) is 16.7 Å². The lowest BCUT2D eigenvalue weighted by atomic mass is 10.1. The van der Waals surface area contributed by atoms with E-state index in [9.17, 15) is 13.2 Å². The lowest BCUT2D eigenvalue weighted by Gasteiger charge is -2.25. The van der Waals surface area contributed by atoms with Crippen LogP contribution in [0.4, 0.5) is 11.4 Å². The van der Waals surface area contributed by atoms with Gasteiger partial charge >= 0.3 is 0 Å². The Kier molecular flexibility index (Phi) is 6.96. The molecule has 3 aromatic rings. The van der Waals surface area contributed by atoms with E-state index in [0.29, 0.717) is 22.5 Å². The van der Waals surface area contributed by atoms with Gasteiger partial charge in [-0.15, -0.1) is 0 Å². The predicted octanol–water partition coefficient (Wildman–Crippen LogP) is 4.78. The molecule has 0 fully saturated rings. The number of hydrogen-bond donors (Lipinski definition) is 1. The van der Waals surface area contributed by atoms with Crippen LogP contribution in [-0.4, -0.2) is 20.1 Å². The number of nitriles is 1. The number of amides is 1. The molecular formula is C25H25N3O3S. The van der Waals surface area contributed by atoms with E-state index in [1.54, 1.807) is 49.4 Å². The summed E-state index contributed by atoms with van der Waals surface area (Å²) in [6.45, 7) is 5.77. The number of hydrogen-bond acceptors (Lipinski definition) is 4. The maximum atomic E-state index is 12.8. The highest BCUT2D eigenvalue weighted by molar-refractivity contribution is 7.92. The van der Waals surface area contributed by atoms with Crippen LogP contribution >= 0.6 is 0 Å². The maximum absolute atomic E-state index is 12.8. The number of benzene rings is 3. The van der Waals surface area contributed by atoms with Crippen LogP contribution in [0.2, 0.25) is 0 Å². The summed E-state index contributed by atoms with van der Waals surface area (Å²) in [7, 11) is -3.48. The monoisotopic (exact) mass is 447 g/mol. The largest absolute Gasteiger partial charge is 0.322 e. The summed E-state index contributed by atoms with van der Waals surface area (Å²) >= 11 is 0. The Morgan fingerprint density at radius 2 is 1.72 bits per heavy atom. The van der Waals surface area contributed by atoms with Crippen molar-refractivity contribution in [2.24, 2.45) is 0 Å². The molecule has 7 heteroatoms. The first-order valence-electron chi connectivity index (χ1n) is 10.2. The standard InChI is InChI=1S/C25H25N3O3S/c1-4-32(30,31)28(24-13-8-18(2)19(3)14-24)17-20-9-11-23(12-10-20)27-25(29)22-7-5-6-21(15-22)16-26/h5-15H,4,17H2,1-3H3,(H,27,29). The van der Waals surface area contributed by atoms with Gasteiger partial charge in [0.15, 0.2) is 0 Å². The third kappa shape index (κ3) is 5.34. The van der Waals surface area contributed by atoms with Gasteiger partial charge < -0.3 is 5.32 Å². The zero-order valence-corrected chi connectivity index (χ0v) is 19.1. The van der Waals surface area contributed by atoms with Crippen LogP contribution in [-0.2, 0) is 16.6 Å². The normalized spacial score (nSPS) is 10.9. The molecule has 0 bridgehead atoms. The molecule has 0 atom stereocenters. The fraction of sp³-hybridized carbons (Fsp3) is 0.200. The van der Waals surface area contributed by atoms with Gasteiger partial charge in [0.2, 0.25) is 10.0 Å². The zero-order chi connectivity index (χ0) is 23.3. The summed E-state index contributed by atoms with van der Waals surface area (Å²) in [6, 6.07) is 21.2. The van der Waals surface area contributed by atoms with Crippen molar-refractivity contribution in [3.05, 3.63) is 94.5 Å². The molecule has 0 saturated carbocycles. The smallest absolute Gasteiger partial charge is 0.255 e. The minimum atomic E-state index is -3.48. The number of anilines is 2. The molecule has 0 unspecified atom stereocenters. The fourth-order valence-corrected chi connectivity index (χ4v) is 4.27. The second-order valence-electron chi connectivity index (χ2n) is 7.52. The molecule has 1 amide bonds. The molecule has 3 rings (SSSR count). The van der Waals surface area contributed by atoms with Gasteiger partial charge in [0, 0.05) is 11.3 Å². The van der Waals surface area contributed by atoms with E-state index < -0.39 is 10.0 Å². The zero-order valence-electron chi connectivity index (χ0n) is 18.3. The van der Waals surface area contributed by atoms with E-state index in [1.165, 1.54) is 10.4 Å². The average molecular weight is 448 g/mol. The van der Waals surface area contributed by atoms with Crippen molar-refractivity contribution in [1.82, 2.24) is 0 Å². The Balaban J connectivity index is 1.79. The Bertz CT molecular complexity index is 1280. The van der Waals surface area contributed by atoms with Crippen molar-refractivity contribution >= 4 is 27.3 Å². The van der Waals surface area contributed by atoms with Gasteiger partial charge in [-0.25, -0.2) is 8.42 Å². The maximum Gasteiger partial charge on any atom is 0.255 e. The van der Waals surface area contributed by atoms with E-state index in [4.69, 9.17) is 5.26 Å². The lowest BCUT2D eigenvalue weighted by molar-refractivity contribution is 0.102. The SMILES string of the molecule is CCS(=O)(=O)N(Cc1ccc(NC(=O)c2cccc(C#N)c2)cc1)c1ccc(C)c(C)c1. The molecule has 1 N–H and O–H groups in total. The quantitative estimate of drug-likeness (QED) is 0.564. The van der Waals surface area contributed by atoms with Gasteiger partial charge in [0.05, 0.1) is 29.6 Å². The number of aryl methyl sites for hydroxylation is 2. The highest BCUT2D eigenvalue weighted by Crippen LogP contribution is 2.25. The Morgan fingerprint density at radius 3 is 2.34 bits per heavy atom. The second-order valence-corrected chi connectivity index (χ2v) is 9.70. The molecule has 0 heterocycles. The van der Waals surface area contributed by atoms with Gasteiger partial charge in [0.1, 0.15) is 0 Å². The fourth-order valence-electron chi connectivity index (χ4n) is 3.18. The number of carbonyl (C=O) groups excluding carboxylic acids is 1. The van der Waals surface area contributed by atoms with Crippen LogP contribution in [0.1, 0.15) is 39.5 Å². The first-order chi connectivity index (χ1) is 15.2. The van der Waals surface area contributed by atoms with Crippen molar-refractivity contribution in [3.63, 3.8) is 0 Å². The summed E-state index contributed by atoms with van der Waals surface area (Å²) in [4.78, 5) is 12.5. The van der Waals surface area contributed by atoms with Crippen LogP contribution in [0.3, 0.4) is 0 Å². The lowest BCUT2D eigenvalue weighted by Crippen LogP contribution is -2.32. The molecule has 6 nitrogen and oxygen atoms in total. The molecule has 0 aliphatic carbocycles. The highest BCUT2D eigenvalue weighted by Gasteiger charge is 2.21. The summed E-state index contributed by atoms with van der Waals surface area (Å²) < 4.78 is 27.0. The van der Waals surface area contributed by atoms with E-state index in [2.05, 4.69) is 5.32 Å². The van der Waals surface area contributed by atoms with Gasteiger partial charge in [-0.3, -0.25) is 9.10 Å². The van der Waals surface area contributed by atoms with Crippen molar-refractivity contribution in [1.29, 1.82) is 5.26 Å². The van der Waals surface area contributed by atoms with Crippen molar-refractivity contribution < 1.29 is 13.2 Å². The van der Waals surface area contributed by atoms with E-state index in [1.807, 2.05) is 38.1 Å². The third-order valence-electron chi connectivity index (χ3n) is 5.27. The molecule has 3 aromatic carbocycles. The number of nitrogens with zero attached hydrogens (tertiary/aromatic N) is 2. The van der Waals surface area contributed by atoms with E-state index >= 15 is 0 Å². The Hall–Kier alpha value is -3.63. The average Bonchev–Trinajstić information content (AvgIpc) is 2.80. The predicted molar refractivity (Wildman–Crippen MR) is 127 cm³/mol. The Labute approximate surface area is 189 Å². The number of carbonyl (C=O) groups is 1. The topological polar surface area (TPSA) is 90.3 Å². The van der Waals surface area contributed by atoms with Crippen molar-refractivity contribution in [2.75, 3.05) is 15.4 Å². The van der Waals surface area contributed by atoms with Crippen LogP contribution in [0.5, 0.6) is 0 Å². The van der Waals surface area contributed by atoms with Gasteiger partial charge in [0.25, 0.3) is 5.91 Å². The molecule has 164 valence electrons. The summed E-state index contributed by atoms with van der Waals surface area (Å²) in [5.74, 6) is -0.323. The summed E-state index contributed by atoms with van der Waals surface area (Å²) in [5.41, 5.74) is 4.94. The van der Waals surface area contributed by atoms with Crippen LogP contribution in [0.25, 0.3) is 0 Å². The Morgan fingerprint density at radius 1 is 1.00 bits per heavy atom. The molecule has 0 aromatic heterocycles. The molecule has 0 aliphatic rings. The van der Waals surface area contributed by atoms with Gasteiger partial charge in [-0.05, 0) is 79.9 Å². The van der Waals surface area contributed by atoms with Crippen LogP contribution in [0.15, 0.2) is 66.7 Å². The van der Waals surface area contributed by atoms with E-state index in [-0.39, 0.29) is 18.2 Å². The molecular weight excluding hydrogens is 422 g/mol. The third-order valence-corrected chi connectivity index (χ3v) is 7.01. The van der Waals surface area contributed by atoms with Crippen molar-refractivity contribution in [3.8, 4) is 6.07 Å². The highest BCUT2D eigenvalue weighted by atomic mass is 32.2. The van der Waals surface area contributed by atoms with Crippen molar-refractivity contribution in [2.45, 2.75) is 27.3 Å². The van der Waals surface area contributed by atoms with Gasteiger partial charge in [-0.2, -0.15) is 5.26 Å². The molecule has 0 radical (unpaired) electrons. The van der Waals surface area contributed by atoms with Crippen LogP contribution in [0, 0.1) is 25.2 Å². The van der Waals surface area contributed by atoms with Crippen LogP contribution < -0.4 is 9.62 Å². The summed E-state index contributed by atoms with van der Waals surface area (Å²) in [5, 5.41) is 11.8. The van der Waals surface area contributed by atoms with Gasteiger partial charge in [-0.1, -0.05) is 24.3 Å². The summed E-state index contributed by atoms with van der Waals surface area (Å²) in [6.07, 6.45) is 0. The number of sulfonamides is 1. The number of rotatable bonds is 7. The molecule has 0 saturated heterocycles. The molecule has 32 heavy (non-hydrogen) atoms. The molecule has 0 aliphatic heterocycles. The molecule has 0 spiro atoms.